The number of methoxy groups -OCH3 is 1. The van der Waals surface area contributed by atoms with Crippen LogP contribution in [0.3, 0.4) is 0 Å². The molecular formula is C15H26N2O2. The first-order chi connectivity index (χ1) is 8.95. The van der Waals surface area contributed by atoms with Crippen LogP contribution in [-0.4, -0.2) is 32.4 Å². The second-order valence-corrected chi connectivity index (χ2v) is 5.17. The Bertz CT molecular complexity index is 392. The lowest BCUT2D eigenvalue weighted by Crippen LogP contribution is -2.33. The van der Waals surface area contributed by atoms with Gasteiger partial charge in [0.2, 0.25) is 0 Å². The third kappa shape index (κ3) is 4.63. The Kier molecular flexibility index (Phi) is 5.96. The number of nitrogens with zero attached hydrogens (tertiary/aromatic N) is 1. The lowest BCUT2D eigenvalue weighted by atomic mass is 10.2. The lowest BCUT2D eigenvalue weighted by Gasteiger charge is -2.29. The highest BCUT2D eigenvalue weighted by Crippen LogP contribution is 2.29. The molecule has 1 aromatic rings. The van der Waals surface area contributed by atoms with Crippen LogP contribution >= 0.6 is 0 Å². The molecule has 0 atom stereocenters. The minimum absolute atomic E-state index is 0.115. The number of rotatable bonds is 7. The van der Waals surface area contributed by atoms with E-state index in [1.165, 1.54) is 0 Å². The molecule has 2 N–H and O–H groups in total. The van der Waals surface area contributed by atoms with Gasteiger partial charge in [-0.3, -0.25) is 0 Å². The number of benzene rings is 1. The molecule has 108 valence electrons. The normalized spacial score (nSPS) is 11.1. The third-order valence-corrected chi connectivity index (χ3v) is 2.85. The minimum atomic E-state index is 0.115. The van der Waals surface area contributed by atoms with Crippen molar-refractivity contribution in [1.29, 1.82) is 0 Å². The second kappa shape index (κ2) is 7.24. The monoisotopic (exact) mass is 266 g/mol. The van der Waals surface area contributed by atoms with Gasteiger partial charge in [-0.2, -0.15) is 0 Å². The second-order valence-electron chi connectivity index (χ2n) is 5.17. The van der Waals surface area contributed by atoms with E-state index < -0.39 is 0 Å². The van der Waals surface area contributed by atoms with Gasteiger partial charge in [0.25, 0.3) is 0 Å². The van der Waals surface area contributed by atoms with E-state index in [1.54, 1.807) is 7.11 Å². The molecule has 0 aliphatic carbocycles. The van der Waals surface area contributed by atoms with Gasteiger partial charge in [-0.25, -0.2) is 0 Å². The first kappa shape index (κ1) is 15.6. The van der Waals surface area contributed by atoms with Crippen LogP contribution in [0.2, 0.25) is 0 Å². The summed E-state index contributed by atoms with van der Waals surface area (Å²) in [5.41, 5.74) is 7.73. The zero-order valence-electron chi connectivity index (χ0n) is 12.6. The van der Waals surface area contributed by atoms with Gasteiger partial charge in [0.1, 0.15) is 5.75 Å². The van der Waals surface area contributed by atoms with Gasteiger partial charge in [-0.15, -0.1) is 0 Å². The first-order valence-corrected chi connectivity index (χ1v) is 6.77. The van der Waals surface area contributed by atoms with Crippen molar-refractivity contribution >= 4 is 11.4 Å². The summed E-state index contributed by atoms with van der Waals surface area (Å²) in [6.45, 7) is 9.86. The average Bonchev–Trinajstić information content (AvgIpc) is 2.32. The fourth-order valence-corrected chi connectivity index (χ4v) is 1.93. The molecule has 0 aliphatic heterocycles. The molecule has 0 saturated heterocycles. The van der Waals surface area contributed by atoms with Crippen molar-refractivity contribution in [2.45, 2.75) is 39.8 Å². The maximum atomic E-state index is 5.95. The molecule has 4 heteroatoms. The summed E-state index contributed by atoms with van der Waals surface area (Å²) < 4.78 is 10.9. The predicted octanol–water partition coefficient (Wildman–Crippen LogP) is 2.92. The van der Waals surface area contributed by atoms with Gasteiger partial charge in [-0.1, -0.05) is 0 Å². The van der Waals surface area contributed by atoms with Crippen LogP contribution in [0.1, 0.15) is 27.7 Å². The number of ether oxygens (including phenoxy) is 2. The Morgan fingerprint density at radius 2 is 1.89 bits per heavy atom. The molecule has 0 heterocycles. The van der Waals surface area contributed by atoms with Gasteiger partial charge < -0.3 is 20.1 Å². The standard InChI is InChI=1S/C15H26N2O2/c1-11(2)17(8-9-18-5)13-6-7-14(16)15(10-13)19-12(3)4/h6-7,10-12H,8-9,16H2,1-5H3. The Morgan fingerprint density at radius 3 is 2.42 bits per heavy atom. The van der Waals surface area contributed by atoms with Crippen molar-refractivity contribution < 1.29 is 9.47 Å². The van der Waals surface area contributed by atoms with Crippen molar-refractivity contribution in [1.82, 2.24) is 0 Å². The fraction of sp³-hybridized carbons (Fsp3) is 0.600. The van der Waals surface area contributed by atoms with Crippen LogP contribution in [0.15, 0.2) is 18.2 Å². The molecule has 0 aromatic heterocycles. The van der Waals surface area contributed by atoms with Crippen LogP contribution in [0.4, 0.5) is 11.4 Å². The molecule has 4 nitrogen and oxygen atoms in total. The maximum Gasteiger partial charge on any atom is 0.144 e. The van der Waals surface area contributed by atoms with Crippen molar-refractivity contribution in [2.24, 2.45) is 0 Å². The topological polar surface area (TPSA) is 47.7 Å². The Balaban J connectivity index is 2.96. The molecule has 0 bridgehead atoms. The summed E-state index contributed by atoms with van der Waals surface area (Å²) in [4.78, 5) is 2.27. The molecular weight excluding hydrogens is 240 g/mol. The summed E-state index contributed by atoms with van der Waals surface area (Å²) in [5.74, 6) is 0.746. The van der Waals surface area contributed by atoms with Crippen molar-refractivity contribution in [3.05, 3.63) is 18.2 Å². The summed E-state index contributed by atoms with van der Waals surface area (Å²) in [6.07, 6.45) is 0.115. The van der Waals surface area contributed by atoms with Crippen LogP contribution in [0.5, 0.6) is 5.75 Å². The summed E-state index contributed by atoms with van der Waals surface area (Å²) >= 11 is 0. The third-order valence-electron chi connectivity index (χ3n) is 2.85. The molecule has 0 radical (unpaired) electrons. The minimum Gasteiger partial charge on any atom is -0.489 e. The van der Waals surface area contributed by atoms with Crippen molar-refractivity contribution in [3.8, 4) is 5.75 Å². The van der Waals surface area contributed by atoms with E-state index in [2.05, 4.69) is 18.7 Å². The fourth-order valence-electron chi connectivity index (χ4n) is 1.93. The van der Waals surface area contributed by atoms with E-state index in [9.17, 15) is 0 Å². The van der Waals surface area contributed by atoms with E-state index in [1.807, 2.05) is 32.0 Å². The molecule has 0 spiro atoms. The molecule has 0 fully saturated rings. The molecule has 0 amide bonds. The maximum absolute atomic E-state index is 5.95. The average molecular weight is 266 g/mol. The SMILES string of the molecule is COCCN(c1ccc(N)c(OC(C)C)c1)C(C)C. The highest BCUT2D eigenvalue weighted by molar-refractivity contribution is 5.62. The van der Waals surface area contributed by atoms with Gasteiger partial charge in [-0.05, 0) is 39.8 Å². The van der Waals surface area contributed by atoms with Crippen LogP contribution in [-0.2, 0) is 4.74 Å². The number of nitrogens with two attached hydrogens (primary N) is 1. The summed E-state index contributed by atoms with van der Waals surface area (Å²) in [5, 5.41) is 0. The smallest absolute Gasteiger partial charge is 0.144 e. The quantitative estimate of drug-likeness (QED) is 0.771. The highest BCUT2D eigenvalue weighted by Gasteiger charge is 2.13. The van der Waals surface area contributed by atoms with Crippen LogP contribution in [0, 0.1) is 0 Å². The molecule has 1 rings (SSSR count). The van der Waals surface area contributed by atoms with Gasteiger partial charge >= 0.3 is 0 Å². The van der Waals surface area contributed by atoms with Gasteiger partial charge in [0, 0.05) is 31.5 Å². The highest BCUT2D eigenvalue weighted by atomic mass is 16.5. The number of hydrogen-bond donors (Lipinski definition) is 1. The summed E-state index contributed by atoms with van der Waals surface area (Å²) in [7, 11) is 1.72. The number of hydrogen-bond acceptors (Lipinski definition) is 4. The molecule has 0 aliphatic rings. The molecule has 19 heavy (non-hydrogen) atoms. The van der Waals surface area contributed by atoms with E-state index in [-0.39, 0.29) is 6.10 Å². The lowest BCUT2D eigenvalue weighted by molar-refractivity contribution is 0.203. The largest absolute Gasteiger partial charge is 0.489 e. The zero-order valence-corrected chi connectivity index (χ0v) is 12.6. The van der Waals surface area contributed by atoms with E-state index in [0.29, 0.717) is 18.3 Å². The molecule has 0 saturated carbocycles. The van der Waals surface area contributed by atoms with E-state index in [4.69, 9.17) is 15.2 Å². The van der Waals surface area contributed by atoms with E-state index in [0.717, 1.165) is 18.0 Å². The summed E-state index contributed by atoms with van der Waals surface area (Å²) in [6, 6.07) is 6.32. The van der Waals surface area contributed by atoms with Crippen LogP contribution in [0.25, 0.3) is 0 Å². The number of anilines is 2. The van der Waals surface area contributed by atoms with Crippen molar-refractivity contribution in [3.63, 3.8) is 0 Å². The molecule has 1 aromatic carbocycles. The van der Waals surface area contributed by atoms with Gasteiger partial charge in [0.05, 0.1) is 18.4 Å². The first-order valence-electron chi connectivity index (χ1n) is 6.77. The van der Waals surface area contributed by atoms with E-state index >= 15 is 0 Å². The number of nitrogen functional groups attached to an aromatic ring is 1. The predicted molar refractivity (Wildman–Crippen MR) is 81.0 cm³/mol. The molecule has 0 unspecified atom stereocenters. The zero-order chi connectivity index (χ0) is 14.4. The van der Waals surface area contributed by atoms with Crippen LogP contribution < -0.4 is 15.4 Å². The Morgan fingerprint density at radius 1 is 1.21 bits per heavy atom. The van der Waals surface area contributed by atoms with Crippen molar-refractivity contribution in [2.75, 3.05) is 30.9 Å². The van der Waals surface area contributed by atoms with Gasteiger partial charge in [0.15, 0.2) is 0 Å². The Labute approximate surface area is 116 Å². The Hall–Kier alpha value is -1.42.